The van der Waals surface area contributed by atoms with Crippen LogP contribution in [-0.2, 0) is 0 Å². The average molecular weight is 406 g/mol. The molecule has 2 aromatic heterocycles. The Labute approximate surface area is 172 Å². The first-order chi connectivity index (χ1) is 14.0. The monoisotopic (exact) mass is 406 g/mol. The minimum absolute atomic E-state index is 0.00614. The number of thioether (sulfide) groups is 1. The predicted molar refractivity (Wildman–Crippen MR) is 112 cm³/mol. The number of halogens is 1. The predicted octanol–water partition coefficient (Wildman–Crippen LogP) is 4.79. The molecule has 2 aromatic carbocycles. The molecule has 0 spiro atoms. The van der Waals surface area contributed by atoms with E-state index in [0.717, 1.165) is 17.1 Å². The molecule has 0 fully saturated rings. The summed E-state index contributed by atoms with van der Waals surface area (Å²) in [4.78, 5) is 12.9. The van der Waals surface area contributed by atoms with Gasteiger partial charge in [0.2, 0.25) is 0 Å². The summed E-state index contributed by atoms with van der Waals surface area (Å²) in [5.74, 6) is -0.0778. The molecule has 0 bridgehead atoms. The minimum atomic E-state index is -0.307. The van der Waals surface area contributed by atoms with Crippen molar-refractivity contribution in [2.75, 3.05) is 5.75 Å². The highest BCUT2D eigenvalue weighted by atomic mass is 32.2. The van der Waals surface area contributed by atoms with Crippen LogP contribution in [0.5, 0.6) is 0 Å². The van der Waals surface area contributed by atoms with Crippen molar-refractivity contribution in [1.82, 2.24) is 19.3 Å². The fourth-order valence-electron chi connectivity index (χ4n) is 3.35. The van der Waals surface area contributed by atoms with Gasteiger partial charge in [0, 0.05) is 28.3 Å². The Morgan fingerprint density at radius 2 is 1.79 bits per heavy atom. The third-order valence-corrected chi connectivity index (χ3v) is 5.62. The molecule has 0 aliphatic rings. The van der Waals surface area contributed by atoms with Gasteiger partial charge in [-0.2, -0.15) is 0 Å². The Kier molecular flexibility index (Phi) is 5.31. The Morgan fingerprint density at radius 1 is 1.03 bits per heavy atom. The second kappa shape index (κ2) is 8.05. The number of ketones is 1. The zero-order valence-electron chi connectivity index (χ0n) is 16.0. The third-order valence-electron chi connectivity index (χ3n) is 4.68. The molecule has 4 rings (SSSR count). The Hall–Kier alpha value is -3.19. The van der Waals surface area contributed by atoms with E-state index in [4.69, 9.17) is 0 Å². The lowest BCUT2D eigenvalue weighted by atomic mass is 10.2. The number of para-hydroxylation sites is 1. The molecule has 0 aliphatic heterocycles. The molecule has 2 heterocycles. The SMILES string of the molecule is Cc1cc(C(=O)CSc2nncn2-c2ccccc2)c(C)n1-c1cccc(F)c1. The van der Waals surface area contributed by atoms with E-state index in [9.17, 15) is 9.18 Å². The standard InChI is InChI=1S/C22H19FN4OS/c1-15-11-20(16(2)27(15)19-10-6-7-17(23)12-19)21(28)13-29-22-25-24-14-26(22)18-8-4-3-5-9-18/h3-12,14H,13H2,1-2H3. The van der Waals surface area contributed by atoms with Crippen molar-refractivity contribution in [3.8, 4) is 11.4 Å². The quantitative estimate of drug-likeness (QED) is 0.341. The van der Waals surface area contributed by atoms with Crippen LogP contribution < -0.4 is 0 Å². The van der Waals surface area contributed by atoms with Crippen LogP contribution >= 0.6 is 11.8 Å². The Morgan fingerprint density at radius 3 is 2.55 bits per heavy atom. The lowest BCUT2D eigenvalue weighted by Crippen LogP contribution is -2.06. The van der Waals surface area contributed by atoms with Crippen molar-refractivity contribution in [3.63, 3.8) is 0 Å². The zero-order valence-corrected chi connectivity index (χ0v) is 16.9. The highest BCUT2D eigenvalue weighted by molar-refractivity contribution is 7.99. The van der Waals surface area contributed by atoms with Crippen LogP contribution in [0.4, 0.5) is 4.39 Å². The van der Waals surface area contributed by atoms with Gasteiger partial charge < -0.3 is 4.57 Å². The summed E-state index contributed by atoms with van der Waals surface area (Å²) in [6.07, 6.45) is 1.64. The molecular weight excluding hydrogens is 387 g/mol. The lowest BCUT2D eigenvalue weighted by molar-refractivity contribution is 0.102. The van der Waals surface area contributed by atoms with E-state index in [2.05, 4.69) is 10.2 Å². The van der Waals surface area contributed by atoms with Crippen molar-refractivity contribution in [1.29, 1.82) is 0 Å². The summed E-state index contributed by atoms with van der Waals surface area (Å²) in [6.45, 7) is 3.79. The first-order valence-corrected chi connectivity index (χ1v) is 10.1. The second-order valence-electron chi connectivity index (χ2n) is 6.63. The van der Waals surface area contributed by atoms with Gasteiger partial charge >= 0.3 is 0 Å². The highest BCUT2D eigenvalue weighted by Crippen LogP contribution is 2.25. The molecule has 7 heteroatoms. The van der Waals surface area contributed by atoms with E-state index in [1.807, 2.05) is 65.4 Å². The van der Waals surface area contributed by atoms with Gasteiger partial charge in [0.25, 0.3) is 0 Å². The summed E-state index contributed by atoms with van der Waals surface area (Å²) in [6, 6.07) is 18.0. The molecule has 0 radical (unpaired) electrons. The first kappa shape index (κ1) is 19.1. The molecule has 0 saturated carbocycles. The maximum absolute atomic E-state index is 13.6. The van der Waals surface area contributed by atoms with Crippen molar-refractivity contribution in [2.45, 2.75) is 19.0 Å². The summed E-state index contributed by atoms with van der Waals surface area (Å²) in [5.41, 5.74) is 3.95. The van der Waals surface area contributed by atoms with Gasteiger partial charge in [-0.25, -0.2) is 4.39 Å². The summed E-state index contributed by atoms with van der Waals surface area (Å²) in [7, 11) is 0. The van der Waals surface area contributed by atoms with Crippen LogP contribution in [0.15, 0.2) is 72.1 Å². The molecule has 0 N–H and O–H groups in total. The largest absolute Gasteiger partial charge is 0.318 e. The average Bonchev–Trinajstić information content (AvgIpc) is 3.31. The molecule has 4 aromatic rings. The second-order valence-corrected chi connectivity index (χ2v) is 7.57. The maximum Gasteiger partial charge on any atom is 0.196 e. The minimum Gasteiger partial charge on any atom is -0.318 e. The molecular formula is C22H19FN4OS. The molecule has 5 nitrogen and oxygen atoms in total. The number of nitrogens with zero attached hydrogens (tertiary/aromatic N) is 4. The van der Waals surface area contributed by atoms with Crippen LogP contribution in [0.3, 0.4) is 0 Å². The van der Waals surface area contributed by atoms with Crippen LogP contribution in [-0.4, -0.2) is 30.9 Å². The van der Waals surface area contributed by atoms with Gasteiger partial charge in [0.05, 0.1) is 5.75 Å². The Bertz CT molecular complexity index is 1170. The fourth-order valence-corrected chi connectivity index (χ4v) is 4.17. The van der Waals surface area contributed by atoms with E-state index in [0.29, 0.717) is 16.4 Å². The third kappa shape index (κ3) is 3.86. The smallest absolute Gasteiger partial charge is 0.196 e. The van der Waals surface area contributed by atoms with Crippen LogP contribution in [0.25, 0.3) is 11.4 Å². The van der Waals surface area contributed by atoms with E-state index in [1.54, 1.807) is 12.4 Å². The number of rotatable bonds is 6. The van der Waals surface area contributed by atoms with Crippen molar-refractivity contribution >= 4 is 17.5 Å². The number of aromatic nitrogens is 4. The fraction of sp³-hybridized carbons (Fsp3) is 0.136. The topological polar surface area (TPSA) is 52.7 Å². The molecule has 0 atom stereocenters. The number of hydrogen-bond donors (Lipinski definition) is 0. The normalized spacial score (nSPS) is 11.0. The van der Waals surface area contributed by atoms with Gasteiger partial charge in [-0.05, 0) is 50.2 Å². The first-order valence-electron chi connectivity index (χ1n) is 9.11. The lowest BCUT2D eigenvalue weighted by Gasteiger charge is -2.10. The van der Waals surface area contributed by atoms with Crippen LogP contribution in [0.2, 0.25) is 0 Å². The molecule has 0 amide bonds. The molecule has 0 saturated heterocycles. The van der Waals surface area contributed by atoms with E-state index >= 15 is 0 Å². The van der Waals surface area contributed by atoms with Crippen molar-refractivity contribution < 1.29 is 9.18 Å². The number of hydrogen-bond acceptors (Lipinski definition) is 4. The highest BCUT2D eigenvalue weighted by Gasteiger charge is 2.18. The Balaban J connectivity index is 1.55. The van der Waals surface area contributed by atoms with Crippen molar-refractivity contribution in [3.05, 3.63) is 89.8 Å². The van der Waals surface area contributed by atoms with E-state index in [1.165, 1.54) is 23.9 Å². The summed E-state index contributed by atoms with van der Waals surface area (Å²) < 4.78 is 17.4. The van der Waals surface area contributed by atoms with Gasteiger partial charge in [-0.3, -0.25) is 9.36 Å². The number of carbonyl (C=O) groups excluding carboxylic acids is 1. The summed E-state index contributed by atoms with van der Waals surface area (Å²) in [5, 5.41) is 8.77. The van der Waals surface area contributed by atoms with Crippen LogP contribution in [0.1, 0.15) is 21.7 Å². The molecule has 0 unspecified atom stereocenters. The molecule has 146 valence electrons. The van der Waals surface area contributed by atoms with E-state index in [-0.39, 0.29) is 17.4 Å². The van der Waals surface area contributed by atoms with Crippen LogP contribution in [0, 0.1) is 19.7 Å². The number of carbonyl (C=O) groups is 1. The molecule has 29 heavy (non-hydrogen) atoms. The van der Waals surface area contributed by atoms with Gasteiger partial charge in [0.1, 0.15) is 12.1 Å². The van der Waals surface area contributed by atoms with Gasteiger partial charge in [-0.15, -0.1) is 10.2 Å². The zero-order chi connectivity index (χ0) is 20.4. The maximum atomic E-state index is 13.6. The van der Waals surface area contributed by atoms with Crippen molar-refractivity contribution in [2.24, 2.45) is 0 Å². The summed E-state index contributed by atoms with van der Waals surface area (Å²) >= 11 is 1.34. The number of aryl methyl sites for hydroxylation is 1. The number of Topliss-reactive ketones (excluding diaryl/α,β-unsaturated/α-hetero) is 1. The molecule has 0 aliphatic carbocycles. The van der Waals surface area contributed by atoms with Gasteiger partial charge in [-0.1, -0.05) is 36.0 Å². The number of benzene rings is 2. The van der Waals surface area contributed by atoms with E-state index < -0.39 is 0 Å². The van der Waals surface area contributed by atoms with Gasteiger partial charge in [0.15, 0.2) is 10.9 Å².